The Kier molecular flexibility index (Phi) is 8.12. The fourth-order valence-corrected chi connectivity index (χ4v) is 5.57. The van der Waals surface area contributed by atoms with Crippen molar-refractivity contribution in [2.75, 3.05) is 19.3 Å². The number of carbonyl (C=O) groups excluding carboxylic acids is 1. The standard InChI is InChI=1S/C22H30NO2P/c1-3-5-17-23(18-6-4-2)22(24)19-26(25,20-13-9-7-10-14-20)21-15-11-8-12-16-21/h7-16H,3-6,17-19H2,1-2H3. The van der Waals surface area contributed by atoms with Crippen molar-refractivity contribution in [1.29, 1.82) is 0 Å². The van der Waals surface area contributed by atoms with E-state index in [4.69, 9.17) is 0 Å². The fraction of sp³-hybridized carbons (Fsp3) is 0.409. The van der Waals surface area contributed by atoms with E-state index in [-0.39, 0.29) is 12.1 Å². The highest BCUT2D eigenvalue weighted by Crippen LogP contribution is 2.43. The minimum atomic E-state index is -2.99. The summed E-state index contributed by atoms with van der Waals surface area (Å²) in [5, 5.41) is 1.51. The quantitative estimate of drug-likeness (QED) is 0.580. The van der Waals surface area contributed by atoms with Crippen LogP contribution in [0.15, 0.2) is 60.7 Å². The smallest absolute Gasteiger partial charge is 0.230 e. The number of hydrogen-bond donors (Lipinski definition) is 0. The molecule has 0 bridgehead atoms. The van der Waals surface area contributed by atoms with Crippen molar-refractivity contribution in [2.45, 2.75) is 39.5 Å². The van der Waals surface area contributed by atoms with Gasteiger partial charge < -0.3 is 9.46 Å². The first kappa shape index (κ1) is 20.5. The van der Waals surface area contributed by atoms with Crippen molar-refractivity contribution >= 4 is 23.7 Å². The predicted molar refractivity (Wildman–Crippen MR) is 111 cm³/mol. The summed E-state index contributed by atoms with van der Waals surface area (Å²) in [6, 6.07) is 18.9. The van der Waals surface area contributed by atoms with Crippen molar-refractivity contribution in [1.82, 2.24) is 4.90 Å². The monoisotopic (exact) mass is 371 g/mol. The molecule has 0 atom stereocenters. The van der Waals surface area contributed by atoms with Crippen molar-refractivity contribution in [3.63, 3.8) is 0 Å². The Morgan fingerprint density at radius 2 is 1.23 bits per heavy atom. The van der Waals surface area contributed by atoms with E-state index >= 15 is 0 Å². The third-order valence-corrected chi connectivity index (χ3v) is 7.60. The maximum absolute atomic E-state index is 14.0. The van der Waals surface area contributed by atoms with Gasteiger partial charge in [-0.25, -0.2) is 0 Å². The molecule has 2 rings (SSSR count). The molecule has 0 N–H and O–H groups in total. The van der Waals surface area contributed by atoms with Gasteiger partial charge in [0.05, 0.1) is 6.16 Å². The van der Waals surface area contributed by atoms with Crippen LogP contribution in [0.2, 0.25) is 0 Å². The highest BCUT2D eigenvalue weighted by atomic mass is 31.2. The summed E-state index contributed by atoms with van der Waals surface area (Å²) in [7, 11) is -2.99. The largest absolute Gasteiger partial charge is 0.342 e. The molecule has 0 fully saturated rings. The lowest BCUT2D eigenvalue weighted by atomic mass is 10.2. The molecular formula is C22H30NO2P. The highest BCUT2D eigenvalue weighted by Gasteiger charge is 2.31. The fourth-order valence-electron chi connectivity index (χ4n) is 3.02. The zero-order chi connectivity index (χ0) is 18.8. The molecule has 4 heteroatoms. The Labute approximate surface area is 157 Å². The number of benzene rings is 2. The Bertz CT molecular complexity index is 664. The van der Waals surface area contributed by atoms with Crippen LogP contribution in [0.1, 0.15) is 39.5 Å². The van der Waals surface area contributed by atoms with E-state index in [2.05, 4.69) is 13.8 Å². The van der Waals surface area contributed by atoms with Crippen LogP contribution < -0.4 is 10.6 Å². The Morgan fingerprint density at radius 3 is 1.62 bits per heavy atom. The summed E-state index contributed by atoms with van der Waals surface area (Å²) >= 11 is 0. The van der Waals surface area contributed by atoms with Gasteiger partial charge in [-0.05, 0) is 12.8 Å². The van der Waals surface area contributed by atoms with Crippen LogP contribution >= 0.6 is 7.14 Å². The number of rotatable bonds is 10. The maximum atomic E-state index is 14.0. The lowest BCUT2D eigenvalue weighted by Gasteiger charge is -2.26. The van der Waals surface area contributed by atoms with Gasteiger partial charge in [-0.1, -0.05) is 87.4 Å². The number of carbonyl (C=O) groups is 1. The first-order valence-electron chi connectivity index (χ1n) is 9.60. The SMILES string of the molecule is CCCCN(CCCC)C(=O)CP(=O)(c1ccccc1)c1ccccc1. The average molecular weight is 371 g/mol. The Morgan fingerprint density at radius 1 is 0.808 bits per heavy atom. The lowest BCUT2D eigenvalue weighted by Crippen LogP contribution is -2.37. The Balaban J connectivity index is 2.31. The van der Waals surface area contributed by atoms with Crippen LogP contribution in [0.25, 0.3) is 0 Å². The first-order valence-corrected chi connectivity index (χ1v) is 11.5. The number of nitrogens with zero attached hydrogens (tertiary/aromatic N) is 1. The van der Waals surface area contributed by atoms with E-state index in [1.54, 1.807) is 0 Å². The molecule has 0 saturated carbocycles. The molecule has 0 aliphatic rings. The van der Waals surface area contributed by atoms with Crippen LogP contribution in [-0.4, -0.2) is 30.1 Å². The van der Waals surface area contributed by atoms with E-state index in [0.29, 0.717) is 0 Å². The molecule has 2 aromatic carbocycles. The van der Waals surface area contributed by atoms with Gasteiger partial charge in [-0.2, -0.15) is 0 Å². The van der Waals surface area contributed by atoms with Gasteiger partial charge in [0.15, 0.2) is 7.14 Å². The molecule has 3 nitrogen and oxygen atoms in total. The summed E-state index contributed by atoms with van der Waals surface area (Å²) < 4.78 is 14.0. The third-order valence-electron chi connectivity index (χ3n) is 4.62. The van der Waals surface area contributed by atoms with Crippen molar-refractivity contribution in [3.8, 4) is 0 Å². The van der Waals surface area contributed by atoms with Gasteiger partial charge in [-0.15, -0.1) is 0 Å². The number of amides is 1. The molecule has 26 heavy (non-hydrogen) atoms. The second kappa shape index (κ2) is 10.3. The maximum Gasteiger partial charge on any atom is 0.230 e. The van der Waals surface area contributed by atoms with Crippen LogP contribution in [0.4, 0.5) is 0 Å². The van der Waals surface area contributed by atoms with Crippen molar-refractivity contribution in [2.24, 2.45) is 0 Å². The molecule has 0 saturated heterocycles. The van der Waals surface area contributed by atoms with Crippen molar-refractivity contribution in [3.05, 3.63) is 60.7 Å². The summed E-state index contributed by atoms with van der Waals surface area (Å²) in [5.74, 6) is 0.00272. The molecule has 0 unspecified atom stereocenters. The molecule has 0 aliphatic heterocycles. The van der Waals surface area contributed by atoms with E-state index in [0.717, 1.165) is 49.4 Å². The normalized spacial score (nSPS) is 11.3. The second-order valence-corrected chi connectivity index (χ2v) is 9.49. The summed E-state index contributed by atoms with van der Waals surface area (Å²) in [5.41, 5.74) is 0. The lowest BCUT2D eigenvalue weighted by molar-refractivity contribution is -0.128. The Hall–Kier alpha value is -1.86. The van der Waals surface area contributed by atoms with Gasteiger partial charge in [0, 0.05) is 23.7 Å². The minimum absolute atomic E-state index is 0.00272. The number of unbranched alkanes of at least 4 members (excludes halogenated alkanes) is 2. The summed E-state index contributed by atoms with van der Waals surface area (Å²) in [6.45, 7) is 5.75. The first-order chi connectivity index (χ1) is 12.6. The molecular weight excluding hydrogens is 341 g/mol. The molecule has 140 valence electrons. The summed E-state index contributed by atoms with van der Waals surface area (Å²) in [4.78, 5) is 15.0. The second-order valence-electron chi connectivity index (χ2n) is 6.66. The van der Waals surface area contributed by atoms with Gasteiger partial charge in [0.1, 0.15) is 0 Å². The van der Waals surface area contributed by atoms with Crippen LogP contribution in [0, 0.1) is 0 Å². The van der Waals surface area contributed by atoms with Crippen LogP contribution in [0.5, 0.6) is 0 Å². The molecule has 0 heterocycles. The highest BCUT2D eigenvalue weighted by molar-refractivity contribution is 7.79. The van der Waals surface area contributed by atoms with E-state index in [9.17, 15) is 9.36 Å². The molecule has 0 spiro atoms. The van der Waals surface area contributed by atoms with Gasteiger partial charge in [0.2, 0.25) is 5.91 Å². The van der Waals surface area contributed by atoms with Crippen molar-refractivity contribution < 1.29 is 9.36 Å². The molecule has 0 aromatic heterocycles. The van der Waals surface area contributed by atoms with Crippen LogP contribution in [-0.2, 0) is 9.36 Å². The van der Waals surface area contributed by atoms with E-state index in [1.807, 2.05) is 65.6 Å². The predicted octanol–water partition coefficient (Wildman–Crippen LogP) is 4.43. The zero-order valence-corrected chi connectivity index (χ0v) is 16.8. The topological polar surface area (TPSA) is 37.4 Å². The molecule has 0 aliphatic carbocycles. The minimum Gasteiger partial charge on any atom is -0.342 e. The molecule has 2 aromatic rings. The summed E-state index contributed by atoms with van der Waals surface area (Å²) in [6.07, 6.45) is 4.12. The molecule has 1 amide bonds. The third kappa shape index (κ3) is 5.32. The zero-order valence-electron chi connectivity index (χ0n) is 15.9. The van der Waals surface area contributed by atoms with E-state index in [1.165, 1.54) is 0 Å². The van der Waals surface area contributed by atoms with Crippen LogP contribution in [0.3, 0.4) is 0 Å². The molecule has 0 radical (unpaired) electrons. The van der Waals surface area contributed by atoms with E-state index < -0.39 is 7.14 Å². The average Bonchev–Trinajstić information content (AvgIpc) is 2.69. The number of hydrogen-bond acceptors (Lipinski definition) is 2. The van der Waals surface area contributed by atoms with Gasteiger partial charge in [0.25, 0.3) is 0 Å². The van der Waals surface area contributed by atoms with Gasteiger partial charge in [-0.3, -0.25) is 4.79 Å². The van der Waals surface area contributed by atoms with Gasteiger partial charge >= 0.3 is 0 Å².